The summed E-state index contributed by atoms with van der Waals surface area (Å²) < 4.78 is 5.82. The number of hydrogen-bond donors (Lipinski definition) is 2. The molecule has 3 aromatic rings. The molecule has 0 saturated carbocycles. The molecule has 1 amide bonds. The smallest absolute Gasteiger partial charge is 0.262 e. The summed E-state index contributed by atoms with van der Waals surface area (Å²) in [7, 11) is 0. The molecule has 3 rings (SSSR count). The molecular weight excluding hydrogens is 376 g/mol. The van der Waals surface area contributed by atoms with Crippen LogP contribution in [0.5, 0.6) is 5.75 Å². The van der Waals surface area contributed by atoms with Crippen LogP contribution in [0.1, 0.15) is 42.3 Å². The molecule has 156 valence electrons. The van der Waals surface area contributed by atoms with Crippen molar-refractivity contribution in [2.75, 3.05) is 17.2 Å². The number of ether oxygens (including phenoxy) is 1. The first kappa shape index (κ1) is 21.3. The topological polar surface area (TPSA) is 76.1 Å². The Morgan fingerprint density at radius 1 is 0.967 bits per heavy atom. The van der Waals surface area contributed by atoms with Gasteiger partial charge in [0.05, 0.1) is 0 Å². The number of rotatable bonds is 7. The molecule has 6 heteroatoms. The van der Waals surface area contributed by atoms with Gasteiger partial charge < -0.3 is 15.4 Å². The van der Waals surface area contributed by atoms with Gasteiger partial charge in [-0.1, -0.05) is 32.0 Å². The molecule has 2 aromatic carbocycles. The number of nitrogens with zero attached hydrogens (tertiary/aromatic N) is 2. The van der Waals surface area contributed by atoms with Crippen molar-refractivity contribution in [2.45, 2.75) is 40.5 Å². The van der Waals surface area contributed by atoms with Gasteiger partial charge in [0.2, 0.25) is 5.95 Å². The van der Waals surface area contributed by atoms with Gasteiger partial charge in [0.25, 0.3) is 5.91 Å². The SMILES string of the molecule is Cc1ccc(C(C)C)c(OCC(=O)Nc2cccc(Nc3nc(C)cc(C)n3)c2)c1. The van der Waals surface area contributed by atoms with Gasteiger partial charge in [0.15, 0.2) is 6.61 Å². The van der Waals surface area contributed by atoms with E-state index in [-0.39, 0.29) is 12.5 Å². The summed E-state index contributed by atoms with van der Waals surface area (Å²) in [6, 6.07) is 15.4. The Hall–Kier alpha value is -3.41. The molecule has 0 atom stereocenters. The lowest BCUT2D eigenvalue weighted by Crippen LogP contribution is -2.20. The van der Waals surface area contributed by atoms with E-state index in [9.17, 15) is 4.79 Å². The van der Waals surface area contributed by atoms with Gasteiger partial charge in [-0.3, -0.25) is 4.79 Å². The number of amides is 1. The lowest BCUT2D eigenvalue weighted by Gasteiger charge is -2.15. The molecule has 1 heterocycles. The van der Waals surface area contributed by atoms with E-state index in [1.54, 1.807) is 0 Å². The van der Waals surface area contributed by atoms with Crippen LogP contribution in [0.15, 0.2) is 48.5 Å². The maximum absolute atomic E-state index is 12.4. The summed E-state index contributed by atoms with van der Waals surface area (Å²) in [5.74, 6) is 1.38. The van der Waals surface area contributed by atoms with E-state index in [4.69, 9.17) is 4.74 Å². The molecule has 0 spiro atoms. The third-order valence-corrected chi connectivity index (χ3v) is 4.53. The van der Waals surface area contributed by atoms with Gasteiger partial charge in [0, 0.05) is 22.8 Å². The Balaban J connectivity index is 1.64. The highest BCUT2D eigenvalue weighted by atomic mass is 16.5. The molecule has 0 unspecified atom stereocenters. The van der Waals surface area contributed by atoms with Crippen molar-refractivity contribution < 1.29 is 9.53 Å². The van der Waals surface area contributed by atoms with E-state index in [1.807, 2.05) is 57.2 Å². The van der Waals surface area contributed by atoms with Crippen LogP contribution in [-0.4, -0.2) is 22.5 Å². The Morgan fingerprint density at radius 2 is 1.67 bits per heavy atom. The van der Waals surface area contributed by atoms with Crippen LogP contribution < -0.4 is 15.4 Å². The van der Waals surface area contributed by atoms with Crippen molar-refractivity contribution in [1.29, 1.82) is 0 Å². The molecule has 0 saturated heterocycles. The minimum atomic E-state index is -0.217. The van der Waals surface area contributed by atoms with E-state index < -0.39 is 0 Å². The number of benzene rings is 2. The molecule has 0 fully saturated rings. The second kappa shape index (κ2) is 9.39. The molecule has 0 aliphatic rings. The molecular formula is C24H28N4O2. The van der Waals surface area contributed by atoms with Crippen molar-refractivity contribution in [3.05, 3.63) is 71.0 Å². The van der Waals surface area contributed by atoms with Crippen LogP contribution in [0.4, 0.5) is 17.3 Å². The molecule has 1 aromatic heterocycles. The zero-order chi connectivity index (χ0) is 21.7. The fourth-order valence-electron chi connectivity index (χ4n) is 3.17. The number of aromatic nitrogens is 2. The number of hydrogen-bond acceptors (Lipinski definition) is 5. The molecule has 0 bridgehead atoms. The molecule has 2 N–H and O–H groups in total. The van der Waals surface area contributed by atoms with Gasteiger partial charge in [-0.25, -0.2) is 9.97 Å². The summed E-state index contributed by atoms with van der Waals surface area (Å²) in [4.78, 5) is 21.2. The highest BCUT2D eigenvalue weighted by Crippen LogP contribution is 2.27. The van der Waals surface area contributed by atoms with Crippen LogP contribution in [-0.2, 0) is 4.79 Å². The number of carbonyl (C=O) groups is 1. The third kappa shape index (κ3) is 5.80. The van der Waals surface area contributed by atoms with Crippen LogP contribution in [0.25, 0.3) is 0 Å². The van der Waals surface area contributed by atoms with Gasteiger partial charge >= 0.3 is 0 Å². The second-order valence-corrected chi connectivity index (χ2v) is 7.71. The van der Waals surface area contributed by atoms with E-state index in [0.29, 0.717) is 17.6 Å². The Bertz CT molecular complexity index is 1030. The first-order chi connectivity index (χ1) is 14.3. The second-order valence-electron chi connectivity index (χ2n) is 7.71. The van der Waals surface area contributed by atoms with E-state index in [1.165, 1.54) is 0 Å². The lowest BCUT2D eigenvalue weighted by molar-refractivity contribution is -0.118. The molecule has 0 radical (unpaired) electrons. The van der Waals surface area contributed by atoms with Gasteiger partial charge in [-0.15, -0.1) is 0 Å². The zero-order valence-electron chi connectivity index (χ0n) is 18.1. The maximum atomic E-state index is 12.4. The standard InChI is InChI=1S/C24H28N4O2/c1-15(2)21-10-9-16(3)11-22(21)30-14-23(29)27-19-7-6-8-20(13-19)28-24-25-17(4)12-18(5)26-24/h6-13,15H,14H2,1-5H3,(H,27,29)(H,25,26,28). The molecule has 6 nitrogen and oxygen atoms in total. The van der Waals surface area contributed by atoms with Crippen molar-refractivity contribution in [3.8, 4) is 5.75 Å². The van der Waals surface area contributed by atoms with Crippen molar-refractivity contribution >= 4 is 23.2 Å². The third-order valence-electron chi connectivity index (χ3n) is 4.53. The van der Waals surface area contributed by atoms with E-state index >= 15 is 0 Å². The van der Waals surface area contributed by atoms with Gasteiger partial charge in [-0.05, 0) is 68.1 Å². The molecule has 0 aliphatic heterocycles. The Kier molecular flexibility index (Phi) is 6.67. The van der Waals surface area contributed by atoms with Crippen molar-refractivity contribution in [2.24, 2.45) is 0 Å². The average Bonchev–Trinajstić information content (AvgIpc) is 2.65. The lowest BCUT2D eigenvalue weighted by atomic mass is 10.0. The number of nitrogens with one attached hydrogen (secondary N) is 2. The Morgan fingerprint density at radius 3 is 2.37 bits per heavy atom. The fraction of sp³-hybridized carbons (Fsp3) is 0.292. The van der Waals surface area contributed by atoms with Gasteiger partial charge in [-0.2, -0.15) is 0 Å². The normalized spacial score (nSPS) is 10.7. The average molecular weight is 405 g/mol. The van der Waals surface area contributed by atoms with Crippen LogP contribution >= 0.6 is 0 Å². The number of carbonyl (C=O) groups excluding carboxylic acids is 1. The van der Waals surface area contributed by atoms with Gasteiger partial charge in [0.1, 0.15) is 5.75 Å². The minimum Gasteiger partial charge on any atom is -0.483 e. The number of anilines is 3. The number of aryl methyl sites for hydroxylation is 3. The predicted molar refractivity (Wildman–Crippen MR) is 121 cm³/mol. The highest BCUT2D eigenvalue weighted by Gasteiger charge is 2.11. The first-order valence-corrected chi connectivity index (χ1v) is 10.0. The maximum Gasteiger partial charge on any atom is 0.262 e. The largest absolute Gasteiger partial charge is 0.483 e. The summed E-state index contributed by atoms with van der Waals surface area (Å²) in [5.41, 5.74) is 5.44. The van der Waals surface area contributed by atoms with Crippen molar-refractivity contribution in [3.63, 3.8) is 0 Å². The molecule has 0 aliphatic carbocycles. The van der Waals surface area contributed by atoms with E-state index in [0.717, 1.165) is 34.0 Å². The van der Waals surface area contributed by atoms with Crippen LogP contribution in [0.3, 0.4) is 0 Å². The Labute approximate surface area is 177 Å². The summed E-state index contributed by atoms with van der Waals surface area (Å²) in [6.45, 7) is 10.0. The summed E-state index contributed by atoms with van der Waals surface area (Å²) in [5, 5.41) is 6.06. The summed E-state index contributed by atoms with van der Waals surface area (Å²) >= 11 is 0. The van der Waals surface area contributed by atoms with Crippen LogP contribution in [0.2, 0.25) is 0 Å². The quantitative estimate of drug-likeness (QED) is 0.560. The zero-order valence-corrected chi connectivity index (χ0v) is 18.1. The fourth-order valence-corrected chi connectivity index (χ4v) is 3.17. The predicted octanol–water partition coefficient (Wildman–Crippen LogP) is 5.29. The highest BCUT2D eigenvalue weighted by molar-refractivity contribution is 5.92. The minimum absolute atomic E-state index is 0.0545. The summed E-state index contributed by atoms with van der Waals surface area (Å²) in [6.07, 6.45) is 0. The monoisotopic (exact) mass is 404 g/mol. The first-order valence-electron chi connectivity index (χ1n) is 10.0. The molecule has 30 heavy (non-hydrogen) atoms. The van der Waals surface area contributed by atoms with E-state index in [2.05, 4.69) is 46.6 Å². The van der Waals surface area contributed by atoms with Crippen molar-refractivity contribution in [1.82, 2.24) is 9.97 Å². The van der Waals surface area contributed by atoms with Crippen LogP contribution in [0, 0.1) is 20.8 Å².